The molecule has 0 saturated carbocycles. The molecule has 4 nitrogen and oxygen atoms in total. The standard InChI is InChI=1S/C20H19F3N2O2/c21-15-8-9-16(19(23)18(15)22)24-20(27)14-11-17(26)25(12-14)10-4-7-13-5-2-1-3-6-13/h1-3,5-6,8-9,14H,4,7,10-12H2,(H,24,27). The number of carbonyl (C=O) groups is 2. The lowest BCUT2D eigenvalue weighted by molar-refractivity contribution is -0.128. The summed E-state index contributed by atoms with van der Waals surface area (Å²) in [6.45, 7) is 0.752. The van der Waals surface area contributed by atoms with Gasteiger partial charge in [-0.25, -0.2) is 13.2 Å². The Hall–Kier alpha value is -2.83. The number of nitrogens with zero attached hydrogens (tertiary/aromatic N) is 1. The van der Waals surface area contributed by atoms with Crippen molar-refractivity contribution < 1.29 is 22.8 Å². The van der Waals surface area contributed by atoms with Crippen molar-refractivity contribution in [3.63, 3.8) is 0 Å². The van der Waals surface area contributed by atoms with Crippen LogP contribution in [0.2, 0.25) is 0 Å². The van der Waals surface area contributed by atoms with E-state index in [4.69, 9.17) is 0 Å². The molecular formula is C20H19F3N2O2. The molecular weight excluding hydrogens is 357 g/mol. The van der Waals surface area contributed by atoms with Crippen LogP contribution in [0.3, 0.4) is 0 Å². The number of carbonyl (C=O) groups excluding carboxylic acids is 2. The SMILES string of the molecule is O=C(Nc1ccc(F)c(F)c1F)C1CC(=O)N(CCCc2ccccc2)C1. The molecule has 1 atom stereocenters. The zero-order chi connectivity index (χ0) is 19.4. The molecule has 0 bridgehead atoms. The first-order valence-corrected chi connectivity index (χ1v) is 8.71. The second-order valence-corrected chi connectivity index (χ2v) is 6.54. The van der Waals surface area contributed by atoms with Gasteiger partial charge in [-0.2, -0.15) is 0 Å². The molecule has 1 N–H and O–H groups in total. The van der Waals surface area contributed by atoms with Crippen molar-refractivity contribution in [2.75, 3.05) is 18.4 Å². The summed E-state index contributed by atoms with van der Waals surface area (Å²) in [6.07, 6.45) is 1.60. The van der Waals surface area contributed by atoms with Gasteiger partial charge in [0.2, 0.25) is 11.8 Å². The van der Waals surface area contributed by atoms with E-state index in [1.165, 1.54) is 5.56 Å². The Morgan fingerprint density at radius 2 is 1.81 bits per heavy atom. The topological polar surface area (TPSA) is 49.4 Å². The van der Waals surface area contributed by atoms with Gasteiger partial charge in [-0.1, -0.05) is 30.3 Å². The van der Waals surface area contributed by atoms with Gasteiger partial charge in [0.05, 0.1) is 11.6 Å². The fourth-order valence-corrected chi connectivity index (χ4v) is 3.14. The molecule has 0 radical (unpaired) electrons. The maximum absolute atomic E-state index is 13.7. The normalized spacial score (nSPS) is 16.6. The van der Waals surface area contributed by atoms with E-state index >= 15 is 0 Å². The zero-order valence-corrected chi connectivity index (χ0v) is 14.6. The highest BCUT2D eigenvalue weighted by atomic mass is 19.2. The van der Waals surface area contributed by atoms with Crippen LogP contribution in [0.4, 0.5) is 18.9 Å². The summed E-state index contributed by atoms with van der Waals surface area (Å²) in [7, 11) is 0. The number of benzene rings is 2. The largest absolute Gasteiger partial charge is 0.342 e. The van der Waals surface area contributed by atoms with Crippen molar-refractivity contribution in [3.05, 3.63) is 65.5 Å². The summed E-state index contributed by atoms with van der Waals surface area (Å²) < 4.78 is 39.9. The van der Waals surface area contributed by atoms with Crippen LogP contribution in [0.25, 0.3) is 0 Å². The first-order chi connectivity index (χ1) is 13.0. The van der Waals surface area contributed by atoms with E-state index in [0.29, 0.717) is 6.54 Å². The summed E-state index contributed by atoms with van der Waals surface area (Å²) in [5.74, 6) is -5.80. The van der Waals surface area contributed by atoms with Crippen molar-refractivity contribution >= 4 is 17.5 Å². The molecule has 0 spiro atoms. The maximum Gasteiger partial charge on any atom is 0.229 e. The van der Waals surface area contributed by atoms with E-state index in [0.717, 1.165) is 25.0 Å². The smallest absolute Gasteiger partial charge is 0.229 e. The average Bonchev–Trinajstić information content (AvgIpc) is 3.04. The van der Waals surface area contributed by atoms with Crippen LogP contribution in [0.1, 0.15) is 18.4 Å². The molecule has 1 heterocycles. The van der Waals surface area contributed by atoms with E-state index < -0.39 is 35.0 Å². The van der Waals surface area contributed by atoms with E-state index in [2.05, 4.69) is 5.32 Å². The Bertz CT molecular complexity index is 843. The second kappa shape index (κ2) is 8.24. The van der Waals surface area contributed by atoms with E-state index in [9.17, 15) is 22.8 Å². The number of halogens is 3. The third-order valence-electron chi connectivity index (χ3n) is 4.61. The molecule has 2 aromatic rings. The van der Waals surface area contributed by atoms with Gasteiger partial charge in [0, 0.05) is 19.5 Å². The third-order valence-corrected chi connectivity index (χ3v) is 4.61. The molecule has 1 aliphatic rings. The number of amides is 2. The van der Waals surface area contributed by atoms with Crippen molar-refractivity contribution in [2.24, 2.45) is 5.92 Å². The van der Waals surface area contributed by atoms with Crippen molar-refractivity contribution in [3.8, 4) is 0 Å². The van der Waals surface area contributed by atoms with Crippen molar-refractivity contribution in [1.82, 2.24) is 4.90 Å². The van der Waals surface area contributed by atoms with Gasteiger partial charge >= 0.3 is 0 Å². The van der Waals surface area contributed by atoms with E-state index in [1.54, 1.807) is 4.90 Å². The molecule has 1 unspecified atom stereocenters. The third kappa shape index (κ3) is 4.48. The summed E-state index contributed by atoms with van der Waals surface area (Å²) in [6, 6.07) is 11.6. The predicted molar refractivity (Wildman–Crippen MR) is 94.4 cm³/mol. The van der Waals surface area contributed by atoms with Crippen LogP contribution in [-0.4, -0.2) is 29.8 Å². The predicted octanol–water partition coefficient (Wildman–Crippen LogP) is 3.52. The molecule has 1 saturated heterocycles. The number of aryl methyl sites for hydroxylation is 1. The summed E-state index contributed by atoms with van der Waals surface area (Å²) in [5.41, 5.74) is 0.737. The summed E-state index contributed by atoms with van der Waals surface area (Å²) >= 11 is 0. The number of likely N-dealkylation sites (tertiary alicyclic amines) is 1. The first-order valence-electron chi connectivity index (χ1n) is 8.71. The summed E-state index contributed by atoms with van der Waals surface area (Å²) in [5, 5.41) is 2.24. The van der Waals surface area contributed by atoms with Crippen LogP contribution < -0.4 is 5.32 Å². The Morgan fingerprint density at radius 1 is 1.07 bits per heavy atom. The fourth-order valence-electron chi connectivity index (χ4n) is 3.14. The minimum absolute atomic E-state index is 0.0163. The fraction of sp³-hybridized carbons (Fsp3) is 0.300. The lowest BCUT2D eigenvalue weighted by Crippen LogP contribution is -2.29. The number of nitrogens with one attached hydrogen (secondary N) is 1. The molecule has 0 aliphatic carbocycles. The summed E-state index contributed by atoms with van der Waals surface area (Å²) in [4.78, 5) is 26.0. The Balaban J connectivity index is 1.53. The van der Waals surface area contributed by atoms with Crippen LogP contribution in [-0.2, 0) is 16.0 Å². The number of anilines is 1. The lowest BCUT2D eigenvalue weighted by Gasteiger charge is -2.16. The minimum Gasteiger partial charge on any atom is -0.342 e. The van der Waals surface area contributed by atoms with Gasteiger partial charge in [0.15, 0.2) is 17.5 Å². The number of hydrogen-bond acceptors (Lipinski definition) is 2. The number of hydrogen-bond donors (Lipinski definition) is 1. The quantitative estimate of drug-likeness (QED) is 0.785. The maximum atomic E-state index is 13.7. The lowest BCUT2D eigenvalue weighted by atomic mass is 10.1. The van der Waals surface area contributed by atoms with Gasteiger partial charge < -0.3 is 10.2 Å². The monoisotopic (exact) mass is 376 g/mol. The Morgan fingerprint density at radius 3 is 2.56 bits per heavy atom. The van der Waals surface area contributed by atoms with Crippen LogP contribution in [0, 0.1) is 23.4 Å². The zero-order valence-electron chi connectivity index (χ0n) is 14.6. The molecule has 1 fully saturated rings. The van der Waals surface area contributed by atoms with Gasteiger partial charge in [-0.3, -0.25) is 9.59 Å². The molecule has 0 aromatic heterocycles. The van der Waals surface area contributed by atoms with E-state index in [1.807, 2.05) is 30.3 Å². The number of rotatable bonds is 6. The van der Waals surface area contributed by atoms with Crippen LogP contribution in [0.15, 0.2) is 42.5 Å². The Labute approximate surface area is 155 Å². The van der Waals surface area contributed by atoms with Gasteiger partial charge in [0.25, 0.3) is 0 Å². The van der Waals surface area contributed by atoms with Crippen LogP contribution in [0.5, 0.6) is 0 Å². The highest BCUT2D eigenvalue weighted by molar-refractivity contribution is 5.97. The Kier molecular flexibility index (Phi) is 5.78. The first kappa shape index (κ1) is 18.9. The molecule has 142 valence electrons. The minimum atomic E-state index is -1.64. The van der Waals surface area contributed by atoms with Crippen molar-refractivity contribution in [2.45, 2.75) is 19.3 Å². The molecule has 2 amide bonds. The van der Waals surface area contributed by atoms with Gasteiger partial charge in [-0.05, 0) is 30.5 Å². The second-order valence-electron chi connectivity index (χ2n) is 6.54. The van der Waals surface area contributed by atoms with Crippen LogP contribution >= 0.6 is 0 Å². The van der Waals surface area contributed by atoms with Crippen molar-refractivity contribution in [1.29, 1.82) is 0 Å². The van der Waals surface area contributed by atoms with Gasteiger partial charge in [0.1, 0.15) is 0 Å². The highest BCUT2D eigenvalue weighted by Crippen LogP contribution is 2.23. The van der Waals surface area contributed by atoms with Gasteiger partial charge in [-0.15, -0.1) is 0 Å². The highest BCUT2D eigenvalue weighted by Gasteiger charge is 2.34. The molecule has 7 heteroatoms. The van der Waals surface area contributed by atoms with E-state index in [-0.39, 0.29) is 18.9 Å². The molecule has 3 rings (SSSR count). The molecule has 2 aromatic carbocycles. The molecule has 27 heavy (non-hydrogen) atoms. The molecule has 1 aliphatic heterocycles. The average molecular weight is 376 g/mol.